The van der Waals surface area contributed by atoms with Crippen molar-refractivity contribution in [3.63, 3.8) is 0 Å². The fourth-order valence-electron chi connectivity index (χ4n) is 1.81. The summed E-state index contributed by atoms with van der Waals surface area (Å²) in [4.78, 5) is 24.3. The van der Waals surface area contributed by atoms with Gasteiger partial charge in [-0.2, -0.15) is 0 Å². The maximum atomic E-state index is 13.7. The first-order chi connectivity index (χ1) is 9.14. The lowest BCUT2D eigenvalue weighted by Gasteiger charge is -2.35. The Balaban J connectivity index is 3.14. The minimum Gasteiger partial charge on any atom is -0.507 e. The fourth-order valence-corrected chi connectivity index (χ4v) is 1.81. The predicted molar refractivity (Wildman–Crippen MR) is 71.1 cm³/mol. The number of carbonyl (C=O) groups excluding carboxylic acids is 1. The van der Waals surface area contributed by atoms with E-state index in [0.29, 0.717) is 0 Å². The molecule has 0 aliphatic carbocycles. The van der Waals surface area contributed by atoms with Crippen LogP contribution in [0.5, 0.6) is 5.75 Å². The molecule has 0 aromatic heterocycles. The minimum atomic E-state index is -1.05. The molecule has 0 spiro atoms. The average Bonchev–Trinajstić information content (AvgIpc) is 2.26. The quantitative estimate of drug-likeness (QED) is 0.888. The summed E-state index contributed by atoms with van der Waals surface area (Å²) in [6.07, 6.45) is -0.252. The number of benzene rings is 1. The molecule has 1 aromatic carbocycles. The third kappa shape index (κ3) is 3.69. The molecule has 5 nitrogen and oxygen atoms in total. The molecule has 0 heterocycles. The van der Waals surface area contributed by atoms with Crippen molar-refractivity contribution in [3.05, 3.63) is 29.6 Å². The van der Waals surface area contributed by atoms with Gasteiger partial charge in [-0.1, -0.05) is 6.07 Å². The molecule has 110 valence electrons. The second kappa shape index (κ2) is 5.90. The molecule has 0 atom stereocenters. The van der Waals surface area contributed by atoms with E-state index in [2.05, 4.69) is 0 Å². The van der Waals surface area contributed by atoms with Crippen molar-refractivity contribution in [1.29, 1.82) is 0 Å². The van der Waals surface area contributed by atoms with Crippen LogP contribution in [0, 0.1) is 5.82 Å². The van der Waals surface area contributed by atoms with E-state index in [1.165, 1.54) is 17.0 Å². The van der Waals surface area contributed by atoms with E-state index in [9.17, 15) is 19.1 Å². The summed E-state index contributed by atoms with van der Waals surface area (Å²) < 4.78 is 13.7. The lowest BCUT2D eigenvalue weighted by atomic mass is 10.0. The Morgan fingerprint density at radius 3 is 2.35 bits per heavy atom. The Hall–Kier alpha value is -2.11. The van der Waals surface area contributed by atoms with Gasteiger partial charge in [-0.05, 0) is 32.9 Å². The predicted octanol–water partition coefficient (Wildman–Crippen LogP) is 2.25. The zero-order valence-electron chi connectivity index (χ0n) is 11.7. The standard InChI is InChI=1S/C14H18FNO4/c1-14(2,3)16(8-7-11(18)19)13(20)12-9(15)5-4-6-10(12)17/h4-6,17H,7-8H2,1-3H3,(H,18,19). The zero-order chi connectivity index (χ0) is 15.5. The van der Waals surface area contributed by atoms with Crippen LogP contribution in [0.25, 0.3) is 0 Å². The van der Waals surface area contributed by atoms with Crippen LogP contribution in [0.3, 0.4) is 0 Å². The third-order valence-electron chi connectivity index (χ3n) is 2.81. The number of hydrogen-bond donors (Lipinski definition) is 2. The first-order valence-corrected chi connectivity index (χ1v) is 6.16. The van der Waals surface area contributed by atoms with Crippen molar-refractivity contribution in [2.45, 2.75) is 32.7 Å². The third-order valence-corrected chi connectivity index (χ3v) is 2.81. The lowest BCUT2D eigenvalue weighted by Crippen LogP contribution is -2.46. The van der Waals surface area contributed by atoms with Crippen molar-refractivity contribution in [2.75, 3.05) is 6.54 Å². The Labute approximate surface area is 116 Å². The van der Waals surface area contributed by atoms with E-state index in [0.717, 1.165) is 6.07 Å². The minimum absolute atomic E-state index is 0.0640. The van der Waals surface area contributed by atoms with Gasteiger partial charge < -0.3 is 15.1 Å². The molecule has 0 saturated carbocycles. The molecule has 0 aliphatic heterocycles. The van der Waals surface area contributed by atoms with Gasteiger partial charge in [0.05, 0.1) is 6.42 Å². The molecule has 1 amide bonds. The Morgan fingerprint density at radius 1 is 1.30 bits per heavy atom. The van der Waals surface area contributed by atoms with Crippen molar-refractivity contribution >= 4 is 11.9 Å². The number of aromatic hydroxyl groups is 1. The number of hydrogen-bond acceptors (Lipinski definition) is 3. The lowest BCUT2D eigenvalue weighted by molar-refractivity contribution is -0.137. The number of carboxylic acids is 1. The highest BCUT2D eigenvalue weighted by Gasteiger charge is 2.30. The SMILES string of the molecule is CC(C)(C)N(CCC(=O)O)C(=O)c1c(O)cccc1F. The fraction of sp³-hybridized carbons (Fsp3) is 0.429. The van der Waals surface area contributed by atoms with Gasteiger partial charge in [0.2, 0.25) is 0 Å². The highest BCUT2D eigenvalue weighted by atomic mass is 19.1. The van der Waals surface area contributed by atoms with E-state index in [-0.39, 0.29) is 13.0 Å². The van der Waals surface area contributed by atoms with Gasteiger partial charge in [0.25, 0.3) is 5.91 Å². The molecule has 0 unspecified atom stereocenters. The Bertz CT molecular complexity index is 502. The molecule has 1 aromatic rings. The van der Waals surface area contributed by atoms with Crippen LogP contribution in [0.15, 0.2) is 18.2 Å². The molecular weight excluding hydrogens is 265 g/mol. The second-order valence-corrected chi connectivity index (χ2v) is 5.41. The number of aliphatic carboxylic acids is 1. The number of nitrogens with zero attached hydrogens (tertiary/aromatic N) is 1. The van der Waals surface area contributed by atoms with Crippen LogP contribution < -0.4 is 0 Å². The molecule has 1 rings (SSSR count). The highest BCUT2D eigenvalue weighted by Crippen LogP contribution is 2.25. The van der Waals surface area contributed by atoms with Crippen molar-refractivity contribution in [3.8, 4) is 5.75 Å². The first kappa shape index (κ1) is 15.9. The largest absolute Gasteiger partial charge is 0.507 e. The van der Waals surface area contributed by atoms with Gasteiger partial charge in [0.1, 0.15) is 17.1 Å². The molecule has 0 bridgehead atoms. The van der Waals surface area contributed by atoms with Gasteiger partial charge in [-0.25, -0.2) is 4.39 Å². The van der Waals surface area contributed by atoms with Gasteiger partial charge in [0, 0.05) is 12.1 Å². The van der Waals surface area contributed by atoms with Gasteiger partial charge in [-0.15, -0.1) is 0 Å². The maximum Gasteiger partial charge on any atom is 0.305 e. The monoisotopic (exact) mass is 283 g/mol. The second-order valence-electron chi connectivity index (χ2n) is 5.41. The van der Waals surface area contributed by atoms with Crippen LogP contribution in [0.4, 0.5) is 4.39 Å². The summed E-state index contributed by atoms with van der Waals surface area (Å²) >= 11 is 0. The topological polar surface area (TPSA) is 77.8 Å². The Morgan fingerprint density at radius 2 is 1.90 bits per heavy atom. The summed E-state index contributed by atoms with van der Waals surface area (Å²) in [5, 5.41) is 18.4. The van der Waals surface area contributed by atoms with E-state index in [1.54, 1.807) is 20.8 Å². The number of halogens is 1. The van der Waals surface area contributed by atoms with Gasteiger partial charge in [-0.3, -0.25) is 9.59 Å². The molecule has 6 heteroatoms. The number of carbonyl (C=O) groups is 2. The van der Waals surface area contributed by atoms with Crippen molar-refractivity contribution < 1.29 is 24.2 Å². The number of carboxylic acid groups (broad SMARTS) is 1. The summed E-state index contributed by atoms with van der Waals surface area (Å²) in [5.74, 6) is -3.07. The van der Waals surface area contributed by atoms with Crippen LogP contribution in [0.1, 0.15) is 37.6 Å². The highest BCUT2D eigenvalue weighted by molar-refractivity contribution is 5.97. The van der Waals surface area contributed by atoms with Gasteiger partial charge >= 0.3 is 5.97 Å². The van der Waals surface area contributed by atoms with Crippen LogP contribution in [0.2, 0.25) is 0 Å². The molecular formula is C14H18FNO4. The molecule has 20 heavy (non-hydrogen) atoms. The van der Waals surface area contributed by atoms with Crippen molar-refractivity contribution in [1.82, 2.24) is 4.90 Å². The first-order valence-electron chi connectivity index (χ1n) is 6.16. The number of phenols is 1. The van der Waals surface area contributed by atoms with E-state index in [1.807, 2.05) is 0 Å². The van der Waals surface area contributed by atoms with E-state index < -0.39 is 34.5 Å². The number of amides is 1. The smallest absolute Gasteiger partial charge is 0.305 e. The zero-order valence-corrected chi connectivity index (χ0v) is 11.7. The van der Waals surface area contributed by atoms with Crippen LogP contribution in [-0.2, 0) is 4.79 Å². The summed E-state index contributed by atoms with van der Waals surface area (Å²) in [6.45, 7) is 5.07. The molecule has 0 radical (unpaired) electrons. The summed E-state index contributed by atoms with van der Waals surface area (Å²) in [6, 6.07) is 3.58. The average molecular weight is 283 g/mol. The number of rotatable bonds is 4. The van der Waals surface area contributed by atoms with E-state index in [4.69, 9.17) is 5.11 Å². The molecule has 0 saturated heterocycles. The molecule has 0 fully saturated rings. The van der Waals surface area contributed by atoms with Crippen LogP contribution in [-0.4, -0.2) is 39.1 Å². The maximum absolute atomic E-state index is 13.7. The van der Waals surface area contributed by atoms with Gasteiger partial charge in [0.15, 0.2) is 0 Å². The summed E-state index contributed by atoms with van der Waals surface area (Å²) in [5.41, 5.74) is -1.13. The van der Waals surface area contributed by atoms with Crippen molar-refractivity contribution in [2.24, 2.45) is 0 Å². The summed E-state index contributed by atoms with van der Waals surface area (Å²) in [7, 11) is 0. The normalized spacial score (nSPS) is 11.2. The molecule has 0 aliphatic rings. The number of phenolic OH excluding ortho intramolecular Hbond substituents is 1. The van der Waals surface area contributed by atoms with E-state index >= 15 is 0 Å². The molecule has 2 N–H and O–H groups in total. The Kier molecular flexibility index (Phi) is 4.70. The van der Waals surface area contributed by atoms with Crippen LogP contribution >= 0.6 is 0 Å².